The van der Waals surface area contributed by atoms with Gasteiger partial charge < -0.3 is 5.73 Å². The lowest BCUT2D eigenvalue weighted by Crippen LogP contribution is -2.29. The lowest BCUT2D eigenvalue weighted by atomic mass is 10.1. The maximum atomic E-state index is 12.1. The molecule has 0 bridgehead atoms. The Balaban J connectivity index is 1.95. The summed E-state index contributed by atoms with van der Waals surface area (Å²) < 4.78 is 26.9. The van der Waals surface area contributed by atoms with Crippen LogP contribution < -0.4 is 10.5 Å². The topological polar surface area (TPSA) is 72.2 Å². The Hall–Kier alpha value is -1.85. The van der Waals surface area contributed by atoms with Gasteiger partial charge in [0.2, 0.25) is 10.0 Å². The maximum Gasteiger partial charge on any atom is 0.212 e. The molecular formula is C16H20N2O2S. The number of hydrogen-bond acceptors (Lipinski definition) is 3. The predicted octanol–water partition coefficient (Wildman–Crippen LogP) is 2.49. The van der Waals surface area contributed by atoms with E-state index in [1.165, 1.54) is 0 Å². The summed E-state index contributed by atoms with van der Waals surface area (Å²) in [6, 6.07) is 16.5. The Morgan fingerprint density at radius 2 is 1.67 bits per heavy atom. The molecule has 0 amide bonds. The van der Waals surface area contributed by atoms with Gasteiger partial charge in [-0.25, -0.2) is 13.1 Å². The number of aryl methyl sites for hydroxylation is 1. The number of benzene rings is 2. The van der Waals surface area contributed by atoms with Crippen LogP contribution in [0.15, 0.2) is 54.6 Å². The monoisotopic (exact) mass is 304 g/mol. The smallest absolute Gasteiger partial charge is 0.212 e. The van der Waals surface area contributed by atoms with Crippen LogP contribution in [0.4, 0.5) is 5.69 Å². The lowest BCUT2D eigenvalue weighted by molar-refractivity contribution is 0.566. The predicted molar refractivity (Wildman–Crippen MR) is 86.3 cm³/mol. The summed E-state index contributed by atoms with van der Waals surface area (Å²) >= 11 is 0. The van der Waals surface area contributed by atoms with Gasteiger partial charge in [0.05, 0.1) is 5.75 Å². The van der Waals surface area contributed by atoms with Crippen molar-refractivity contribution in [2.24, 2.45) is 0 Å². The second kappa shape index (κ2) is 6.74. The second-order valence-electron chi connectivity index (χ2n) is 5.06. The Morgan fingerprint density at radius 3 is 2.29 bits per heavy atom. The van der Waals surface area contributed by atoms with Gasteiger partial charge >= 0.3 is 0 Å². The molecule has 0 spiro atoms. The van der Waals surface area contributed by atoms with E-state index in [2.05, 4.69) is 4.72 Å². The lowest BCUT2D eigenvalue weighted by Gasteiger charge is -2.15. The van der Waals surface area contributed by atoms with E-state index in [0.717, 1.165) is 11.1 Å². The fourth-order valence-electron chi connectivity index (χ4n) is 2.08. The molecule has 5 heteroatoms. The van der Waals surface area contributed by atoms with Crippen molar-refractivity contribution in [1.82, 2.24) is 4.72 Å². The number of nitrogens with one attached hydrogen (secondary N) is 1. The Morgan fingerprint density at radius 1 is 1.05 bits per heavy atom. The average Bonchev–Trinajstić information content (AvgIpc) is 2.46. The van der Waals surface area contributed by atoms with Crippen molar-refractivity contribution in [2.45, 2.75) is 19.4 Å². The van der Waals surface area contributed by atoms with E-state index in [-0.39, 0.29) is 11.8 Å². The molecule has 0 radical (unpaired) electrons. The van der Waals surface area contributed by atoms with E-state index in [1.54, 1.807) is 12.1 Å². The van der Waals surface area contributed by atoms with Crippen LogP contribution in [0, 0.1) is 0 Å². The van der Waals surface area contributed by atoms with Crippen molar-refractivity contribution in [3.63, 3.8) is 0 Å². The maximum absolute atomic E-state index is 12.1. The molecule has 21 heavy (non-hydrogen) atoms. The number of nitrogen functional groups attached to an aromatic ring is 1. The molecule has 0 aliphatic heterocycles. The third kappa shape index (κ3) is 4.88. The molecule has 0 fully saturated rings. The first-order valence-corrected chi connectivity index (χ1v) is 8.51. The van der Waals surface area contributed by atoms with Gasteiger partial charge in [0.15, 0.2) is 0 Å². The first-order valence-electron chi connectivity index (χ1n) is 6.86. The van der Waals surface area contributed by atoms with Gasteiger partial charge in [-0.2, -0.15) is 0 Å². The molecule has 1 atom stereocenters. The SMILES string of the molecule is CC(NS(=O)(=O)CCc1ccccc1)c1ccc(N)cc1. The summed E-state index contributed by atoms with van der Waals surface area (Å²) in [5, 5.41) is 0. The number of hydrogen-bond donors (Lipinski definition) is 2. The van der Waals surface area contributed by atoms with E-state index >= 15 is 0 Å². The molecule has 0 heterocycles. The normalized spacial score (nSPS) is 13.0. The minimum Gasteiger partial charge on any atom is -0.399 e. The fraction of sp³-hybridized carbons (Fsp3) is 0.250. The van der Waals surface area contributed by atoms with Crippen LogP contribution in [0.5, 0.6) is 0 Å². The molecule has 0 aliphatic rings. The quantitative estimate of drug-likeness (QED) is 0.805. The second-order valence-corrected chi connectivity index (χ2v) is 6.93. The van der Waals surface area contributed by atoms with Crippen molar-refractivity contribution in [1.29, 1.82) is 0 Å². The highest BCUT2D eigenvalue weighted by Gasteiger charge is 2.15. The molecule has 4 nitrogen and oxygen atoms in total. The van der Waals surface area contributed by atoms with E-state index in [9.17, 15) is 8.42 Å². The largest absolute Gasteiger partial charge is 0.399 e. The van der Waals surface area contributed by atoms with Crippen LogP contribution in [0.2, 0.25) is 0 Å². The molecule has 0 saturated heterocycles. The molecule has 2 rings (SSSR count). The Bertz CT molecular complexity index is 667. The zero-order valence-electron chi connectivity index (χ0n) is 12.0. The van der Waals surface area contributed by atoms with Crippen LogP contribution in [0.1, 0.15) is 24.1 Å². The van der Waals surface area contributed by atoms with Gasteiger partial charge in [-0.1, -0.05) is 42.5 Å². The number of anilines is 1. The van der Waals surface area contributed by atoms with Crippen molar-refractivity contribution in [2.75, 3.05) is 11.5 Å². The first-order chi connectivity index (χ1) is 9.96. The summed E-state index contributed by atoms with van der Waals surface area (Å²) in [5.74, 6) is 0.0797. The summed E-state index contributed by atoms with van der Waals surface area (Å²) in [5.41, 5.74) is 8.20. The Kier molecular flexibility index (Phi) is 4.98. The highest BCUT2D eigenvalue weighted by Crippen LogP contribution is 2.15. The van der Waals surface area contributed by atoms with Gasteiger partial charge in [-0.15, -0.1) is 0 Å². The first kappa shape index (κ1) is 15.5. The van der Waals surface area contributed by atoms with Gasteiger partial charge in [-0.3, -0.25) is 0 Å². The van der Waals surface area contributed by atoms with E-state index in [0.29, 0.717) is 12.1 Å². The molecule has 2 aromatic carbocycles. The van der Waals surface area contributed by atoms with Gasteiger partial charge in [0.1, 0.15) is 0 Å². The van der Waals surface area contributed by atoms with Crippen LogP contribution in [0.3, 0.4) is 0 Å². The third-order valence-electron chi connectivity index (χ3n) is 3.30. The van der Waals surface area contributed by atoms with E-state index < -0.39 is 10.0 Å². The van der Waals surface area contributed by atoms with E-state index in [1.807, 2.05) is 49.4 Å². The van der Waals surface area contributed by atoms with Crippen molar-refractivity contribution >= 4 is 15.7 Å². The highest BCUT2D eigenvalue weighted by molar-refractivity contribution is 7.89. The summed E-state index contributed by atoms with van der Waals surface area (Å²) in [4.78, 5) is 0. The van der Waals surface area contributed by atoms with Crippen molar-refractivity contribution < 1.29 is 8.42 Å². The van der Waals surface area contributed by atoms with E-state index in [4.69, 9.17) is 5.73 Å². The Labute approximate surface area is 126 Å². The third-order valence-corrected chi connectivity index (χ3v) is 4.75. The molecule has 0 aliphatic carbocycles. The molecule has 1 unspecified atom stereocenters. The minimum absolute atomic E-state index is 0.0797. The molecule has 2 aromatic rings. The summed E-state index contributed by atoms with van der Waals surface area (Å²) in [6.45, 7) is 1.82. The summed E-state index contributed by atoms with van der Waals surface area (Å²) in [7, 11) is -3.32. The van der Waals surface area contributed by atoms with Crippen LogP contribution in [-0.4, -0.2) is 14.2 Å². The van der Waals surface area contributed by atoms with Gasteiger partial charge in [0.25, 0.3) is 0 Å². The zero-order valence-corrected chi connectivity index (χ0v) is 12.8. The fourth-order valence-corrected chi connectivity index (χ4v) is 3.37. The van der Waals surface area contributed by atoms with Gasteiger partial charge in [0, 0.05) is 11.7 Å². The van der Waals surface area contributed by atoms with Gasteiger partial charge in [-0.05, 0) is 36.6 Å². The average molecular weight is 304 g/mol. The number of nitrogens with two attached hydrogens (primary N) is 1. The van der Waals surface area contributed by atoms with Crippen molar-refractivity contribution in [3.05, 3.63) is 65.7 Å². The molecule has 3 N–H and O–H groups in total. The summed E-state index contributed by atoms with van der Waals surface area (Å²) in [6.07, 6.45) is 0.505. The highest BCUT2D eigenvalue weighted by atomic mass is 32.2. The standard InChI is InChI=1S/C16H20N2O2S/c1-13(15-7-9-16(17)10-8-15)18-21(19,20)12-11-14-5-3-2-4-6-14/h2-10,13,18H,11-12,17H2,1H3. The molecular weight excluding hydrogens is 284 g/mol. The number of rotatable bonds is 6. The van der Waals surface area contributed by atoms with Crippen LogP contribution in [-0.2, 0) is 16.4 Å². The minimum atomic E-state index is -3.32. The molecule has 0 aromatic heterocycles. The number of sulfonamides is 1. The van der Waals surface area contributed by atoms with Crippen molar-refractivity contribution in [3.8, 4) is 0 Å². The van der Waals surface area contributed by atoms with Crippen LogP contribution >= 0.6 is 0 Å². The van der Waals surface area contributed by atoms with Crippen LogP contribution in [0.25, 0.3) is 0 Å². The molecule has 112 valence electrons. The molecule has 0 saturated carbocycles. The zero-order chi connectivity index (χ0) is 15.3.